The van der Waals surface area contributed by atoms with Crippen LogP contribution in [0.15, 0.2) is 42.6 Å². The Bertz CT molecular complexity index is 1160. The van der Waals surface area contributed by atoms with Crippen LogP contribution in [0.2, 0.25) is 0 Å². The van der Waals surface area contributed by atoms with Gasteiger partial charge >= 0.3 is 0 Å². The molecule has 3 aromatic rings. The average molecular weight is 429 g/mol. The van der Waals surface area contributed by atoms with Crippen molar-refractivity contribution in [2.75, 3.05) is 24.2 Å². The van der Waals surface area contributed by atoms with Crippen LogP contribution in [0.4, 0.5) is 5.69 Å². The van der Waals surface area contributed by atoms with Crippen molar-refractivity contribution in [1.82, 2.24) is 4.98 Å². The van der Waals surface area contributed by atoms with E-state index in [2.05, 4.69) is 35.7 Å². The van der Waals surface area contributed by atoms with E-state index in [4.69, 9.17) is 9.47 Å². The molecular weight excluding hydrogens is 400 g/mol. The Morgan fingerprint density at radius 2 is 1.80 bits per heavy atom. The Kier molecular flexibility index (Phi) is 5.40. The maximum absolute atomic E-state index is 11.8. The van der Waals surface area contributed by atoms with Gasteiger partial charge in [0.2, 0.25) is 10.0 Å². The highest BCUT2D eigenvalue weighted by atomic mass is 32.2. The first-order valence-electron chi connectivity index (χ1n) is 10.4. The lowest BCUT2D eigenvalue weighted by Crippen LogP contribution is -2.26. The Morgan fingerprint density at radius 1 is 1.07 bits per heavy atom. The fourth-order valence-electron chi connectivity index (χ4n) is 4.49. The number of ether oxygens (including phenoxy) is 2. The normalized spacial score (nSPS) is 14.5. The van der Waals surface area contributed by atoms with E-state index in [1.54, 1.807) is 6.07 Å². The smallest absolute Gasteiger partial charge is 0.229 e. The lowest BCUT2D eigenvalue weighted by Gasteiger charge is -2.33. The monoisotopic (exact) mass is 428 g/mol. The molecule has 0 radical (unpaired) electrons. The fraction of sp³-hybridized carbons (Fsp3) is 0.391. The van der Waals surface area contributed by atoms with Gasteiger partial charge in [0.05, 0.1) is 30.7 Å². The second-order valence-corrected chi connectivity index (χ2v) is 9.55. The lowest BCUT2D eigenvalue weighted by molar-refractivity contribution is 0.296. The lowest BCUT2D eigenvalue weighted by atomic mass is 9.70. The van der Waals surface area contributed by atoms with Gasteiger partial charge < -0.3 is 14.5 Å². The van der Waals surface area contributed by atoms with Crippen molar-refractivity contribution in [3.8, 4) is 11.5 Å². The van der Waals surface area contributed by atoms with Crippen molar-refractivity contribution in [1.29, 1.82) is 0 Å². The van der Waals surface area contributed by atoms with Crippen molar-refractivity contribution < 1.29 is 17.9 Å². The number of sulfonamides is 1. The third-order valence-corrected chi connectivity index (χ3v) is 6.62. The third-order valence-electron chi connectivity index (χ3n) is 6.03. The minimum atomic E-state index is -3.37. The van der Waals surface area contributed by atoms with Crippen molar-refractivity contribution in [3.05, 3.63) is 53.7 Å². The summed E-state index contributed by atoms with van der Waals surface area (Å²) < 4.78 is 38.0. The SMILES string of the molecule is CCC(CC)(c1ccc2c(c1)OCCCO2)c1c[nH]c2c(NS(C)(=O)=O)cccc12. The van der Waals surface area contributed by atoms with E-state index in [0.29, 0.717) is 18.9 Å². The second kappa shape index (κ2) is 7.87. The molecule has 0 bridgehead atoms. The summed E-state index contributed by atoms with van der Waals surface area (Å²) in [5.41, 5.74) is 3.42. The molecule has 2 heterocycles. The average Bonchev–Trinajstić information content (AvgIpc) is 3.01. The van der Waals surface area contributed by atoms with Crippen LogP contribution in [-0.2, 0) is 15.4 Å². The first-order chi connectivity index (χ1) is 14.4. The van der Waals surface area contributed by atoms with Crippen LogP contribution in [-0.4, -0.2) is 32.9 Å². The molecule has 0 fully saturated rings. The van der Waals surface area contributed by atoms with Gasteiger partial charge in [-0.25, -0.2) is 8.42 Å². The van der Waals surface area contributed by atoms with E-state index in [1.165, 1.54) is 5.56 Å². The molecule has 0 aliphatic carbocycles. The Hall–Kier alpha value is -2.67. The summed E-state index contributed by atoms with van der Waals surface area (Å²) in [4.78, 5) is 3.31. The predicted molar refractivity (Wildman–Crippen MR) is 120 cm³/mol. The summed E-state index contributed by atoms with van der Waals surface area (Å²) in [5.74, 6) is 1.58. The van der Waals surface area contributed by atoms with Crippen molar-refractivity contribution in [2.45, 2.75) is 38.5 Å². The van der Waals surface area contributed by atoms with Crippen LogP contribution in [0.5, 0.6) is 11.5 Å². The minimum absolute atomic E-state index is 0.243. The van der Waals surface area contributed by atoms with E-state index in [1.807, 2.05) is 24.4 Å². The summed E-state index contributed by atoms with van der Waals surface area (Å²) in [6, 6.07) is 11.9. The number of fused-ring (bicyclic) bond motifs is 2. The zero-order valence-corrected chi connectivity index (χ0v) is 18.4. The molecule has 1 aliphatic heterocycles. The molecule has 0 unspecified atom stereocenters. The number of aromatic nitrogens is 1. The molecule has 6 nitrogen and oxygen atoms in total. The van der Waals surface area contributed by atoms with Crippen LogP contribution in [0, 0.1) is 0 Å². The van der Waals surface area contributed by atoms with Gasteiger partial charge in [-0.3, -0.25) is 4.72 Å². The number of nitrogens with one attached hydrogen (secondary N) is 2. The van der Waals surface area contributed by atoms with Gasteiger partial charge in [-0.05, 0) is 42.2 Å². The first-order valence-corrected chi connectivity index (χ1v) is 12.3. The molecule has 30 heavy (non-hydrogen) atoms. The summed E-state index contributed by atoms with van der Waals surface area (Å²) in [6.45, 7) is 5.68. The maximum Gasteiger partial charge on any atom is 0.229 e. The van der Waals surface area contributed by atoms with Crippen molar-refractivity contribution >= 4 is 26.6 Å². The first kappa shape index (κ1) is 20.6. The van der Waals surface area contributed by atoms with E-state index in [9.17, 15) is 8.42 Å². The van der Waals surface area contributed by atoms with Gasteiger partial charge in [-0.1, -0.05) is 32.0 Å². The molecule has 2 N–H and O–H groups in total. The van der Waals surface area contributed by atoms with E-state index in [0.717, 1.165) is 53.5 Å². The highest BCUT2D eigenvalue weighted by molar-refractivity contribution is 7.92. The zero-order valence-electron chi connectivity index (χ0n) is 17.6. The number of hydrogen-bond acceptors (Lipinski definition) is 4. The molecule has 0 saturated heterocycles. The summed E-state index contributed by atoms with van der Waals surface area (Å²) >= 11 is 0. The Morgan fingerprint density at radius 3 is 2.50 bits per heavy atom. The Balaban J connectivity index is 1.86. The molecule has 0 spiro atoms. The third kappa shape index (κ3) is 3.62. The molecule has 1 aromatic heterocycles. The molecular formula is C23H28N2O4S. The summed E-state index contributed by atoms with van der Waals surface area (Å²) in [5, 5.41) is 1.01. The fourth-order valence-corrected chi connectivity index (χ4v) is 5.06. The van der Waals surface area contributed by atoms with Crippen molar-refractivity contribution in [3.63, 3.8) is 0 Å². The molecule has 0 saturated carbocycles. The van der Waals surface area contributed by atoms with Crippen LogP contribution < -0.4 is 14.2 Å². The van der Waals surface area contributed by atoms with Gasteiger partial charge in [-0.15, -0.1) is 0 Å². The minimum Gasteiger partial charge on any atom is -0.490 e. The van der Waals surface area contributed by atoms with Gasteiger partial charge in [0.25, 0.3) is 0 Å². The molecule has 4 rings (SSSR count). The van der Waals surface area contributed by atoms with Gasteiger partial charge in [0, 0.05) is 23.4 Å². The molecule has 0 amide bonds. The van der Waals surface area contributed by atoms with Gasteiger partial charge in [0.15, 0.2) is 11.5 Å². The highest BCUT2D eigenvalue weighted by Gasteiger charge is 2.34. The second-order valence-electron chi connectivity index (χ2n) is 7.81. The van der Waals surface area contributed by atoms with Crippen LogP contribution >= 0.6 is 0 Å². The predicted octanol–water partition coefficient (Wildman–Crippen LogP) is 4.81. The molecule has 7 heteroatoms. The largest absolute Gasteiger partial charge is 0.490 e. The standard InChI is InChI=1S/C23H28N2O4S/c1-4-23(5-2,16-10-11-20-21(14-16)29-13-7-12-28-20)18-15-24-22-17(18)8-6-9-19(22)25-30(3,26)27/h6,8-11,14-15,24-25H,4-5,7,12-13H2,1-3H3. The van der Waals surface area contributed by atoms with E-state index < -0.39 is 10.0 Å². The number of hydrogen-bond donors (Lipinski definition) is 2. The molecule has 2 aromatic carbocycles. The van der Waals surface area contributed by atoms with Crippen molar-refractivity contribution in [2.24, 2.45) is 0 Å². The summed E-state index contributed by atoms with van der Waals surface area (Å²) in [7, 11) is -3.37. The quantitative estimate of drug-likeness (QED) is 0.591. The topological polar surface area (TPSA) is 80.4 Å². The summed E-state index contributed by atoms with van der Waals surface area (Å²) in [6.07, 6.45) is 5.82. The number of rotatable bonds is 6. The number of benzene rings is 2. The van der Waals surface area contributed by atoms with Crippen LogP contribution in [0.1, 0.15) is 44.2 Å². The molecule has 1 aliphatic rings. The van der Waals surface area contributed by atoms with Crippen LogP contribution in [0.25, 0.3) is 10.9 Å². The molecule has 160 valence electrons. The van der Waals surface area contributed by atoms with Gasteiger partial charge in [-0.2, -0.15) is 0 Å². The zero-order chi connectivity index (χ0) is 21.4. The van der Waals surface area contributed by atoms with E-state index >= 15 is 0 Å². The highest BCUT2D eigenvalue weighted by Crippen LogP contribution is 2.45. The number of aromatic amines is 1. The van der Waals surface area contributed by atoms with E-state index in [-0.39, 0.29) is 5.41 Å². The number of para-hydroxylation sites is 1. The van der Waals surface area contributed by atoms with Crippen LogP contribution in [0.3, 0.4) is 0 Å². The Labute approximate surface area is 177 Å². The van der Waals surface area contributed by atoms with Gasteiger partial charge in [0.1, 0.15) is 0 Å². The number of H-pyrrole nitrogens is 1. The number of anilines is 1. The molecule has 0 atom stereocenters. The maximum atomic E-state index is 11.8.